The molecule has 4 aromatic rings. The number of rotatable bonds is 7. The van der Waals surface area contributed by atoms with E-state index in [1.165, 1.54) is 11.1 Å². The van der Waals surface area contributed by atoms with Crippen LogP contribution in [0.3, 0.4) is 0 Å². The molecule has 0 unspecified atom stereocenters. The summed E-state index contributed by atoms with van der Waals surface area (Å²) in [5.74, 6) is 0.449. The monoisotopic (exact) mass is 479 g/mol. The Balaban J connectivity index is 1.22. The summed E-state index contributed by atoms with van der Waals surface area (Å²) in [5.41, 5.74) is 5.83. The predicted molar refractivity (Wildman–Crippen MR) is 140 cm³/mol. The van der Waals surface area contributed by atoms with E-state index < -0.39 is 0 Å². The second kappa shape index (κ2) is 10.6. The molecule has 1 aliphatic heterocycles. The van der Waals surface area contributed by atoms with Crippen LogP contribution < -0.4 is 5.32 Å². The minimum atomic E-state index is -0.158. The average Bonchev–Trinajstić information content (AvgIpc) is 3.26. The van der Waals surface area contributed by atoms with Crippen LogP contribution in [0.4, 0.5) is 5.69 Å². The number of nitrogens with one attached hydrogen (secondary N) is 1. The van der Waals surface area contributed by atoms with Gasteiger partial charge in [-0.15, -0.1) is 11.8 Å². The summed E-state index contributed by atoms with van der Waals surface area (Å²) >= 11 is 1.62. The van der Waals surface area contributed by atoms with Crippen molar-refractivity contribution < 1.29 is 9.59 Å². The van der Waals surface area contributed by atoms with E-state index in [0.29, 0.717) is 17.9 Å². The number of thioether (sulfide) groups is 1. The fourth-order valence-corrected chi connectivity index (χ4v) is 5.31. The maximum absolute atomic E-state index is 12.8. The molecule has 2 amide bonds. The fourth-order valence-electron chi connectivity index (χ4n) is 4.13. The Bertz CT molecular complexity index is 1290. The second-order valence-corrected chi connectivity index (χ2v) is 9.54. The van der Waals surface area contributed by atoms with Gasteiger partial charge in [-0.05, 0) is 65.1 Å². The lowest BCUT2D eigenvalue weighted by Gasteiger charge is -2.24. The highest BCUT2D eigenvalue weighted by Gasteiger charge is 2.32. The average molecular weight is 480 g/mol. The summed E-state index contributed by atoms with van der Waals surface area (Å²) < 4.78 is 0. The largest absolute Gasteiger partial charge is 0.322 e. The number of benzene rings is 3. The van der Waals surface area contributed by atoms with Crippen LogP contribution in [0.25, 0.3) is 0 Å². The Morgan fingerprint density at radius 1 is 0.857 bits per heavy atom. The Kier molecular flexibility index (Phi) is 6.91. The minimum absolute atomic E-state index is 0.0484. The second-order valence-electron chi connectivity index (χ2n) is 8.48. The molecular formula is C29H25N3O2S. The van der Waals surface area contributed by atoms with Gasteiger partial charge in [0.1, 0.15) is 5.37 Å². The van der Waals surface area contributed by atoms with E-state index in [0.717, 1.165) is 23.2 Å². The predicted octanol–water partition coefficient (Wildman–Crippen LogP) is 5.70. The topological polar surface area (TPSA) is 62.3 Å². The first-order valence-electron chi connectivity index (χ1n) is 11.5. The molecule has 0 spiro atoms. The molecule has 2 heterocycles. The first-order valence-corrected chi connectivity index (χ1v) is 12.5. The van der Waals surface area contributed by atoms with Gasteiger partial charge in [0, 0.05) is 30.2 Å². The maximum atomic E-state index is 12.8. The van der Waals surface area contributed by atoms with Crippen molar-refractivity contribution in [3.63, 3.8) is 0 Å². The van der Waals surface area contributed by atoms with Crippen molar-refractivity contribution >= 4 is 29.3 Å². The Morgan fingerprint density at radius 3 is 2.26 bits per heavy atom. The van der Waals surface area contributed by atoms with Crippen LogP contribution >= 0.6 is 11.8 Å². The van der Waals surface area contributed by atoms with Gasteiger partial charge in [0.05, 0.1) is 5.75 Å². The zero-order chi connectivity index (χ0) is 24.0. The quantitative estimate of drug-likeness (QED) is 0.369. The molecule has 0 radical (unpaired) electrons. The van der Waals surface area contributed by atoms with Crippen LogP contribution in [0, 0.1) is 0 Å². The fraction of sp³-hybridized carbons (Fsp3) is 0.138. The lowest BCUT2D eigenvalue weighted by molar-refractivity contribution is -0.128. The molecule has 3 aromatic carbocycles. The molecule has 6 heteroatoms. The normalized spacial score (nSPS) is 15.3. The van der Waals surface area contributed by atoms with E-state index in [9.17, 15) is 9.59 Å². The third kappa shape index (κ3) is 5.61. The Morgan fingerprint density at radius 2 is 1.54 bits per heavy atom. The zero-order valence-corrected chi connectivity index (χ0v) is 19.9. The standard InChI is InChI=1S/C29H25N3O2S/c33-27-20-35-29(32(27)19-23-4-2-1-3-5-23)25-10-8-24(9-11-25)28(34)31-26-12-6-21(7-13-26)18-22-14-16-30-17-15-22/h1-17,29H,18-20H2,(H,31,34)/t29-/m0/s1. The van der Waals surface area contributed by atoms with Gasteiger partial charge in [-0.25, -0.2) is 0 Å². The lowest BCUT2D eigenvalue weighted by atomic mass is 10.1. The zero-order valence-electron chi connectivity index (χ0n) is 19.1. The third-order valence-electron chi connectivity index (χ3n) is 5.99. The molecule has 174 valence electrons. The van der Waals surface area contributed by atoms with Gasteiger partial charge in [-0.1, -0.05) is 54.6 Å². The van der Waals surface area contributed by atoms with Crippen molar-refractivity contribution in [3.05, 3.63) is 131 Å². The van der Waals surface area contributed by atoms with Gasteiger partial charge in [0.25, 0.3) is 5.91 Å². The molecule has 35 heavy (non-hydrogen) atoms. The first-order chi connectivity index (χ1) is 17.2. The number of hydrogen-bond donors (Lipinski definition) is 1. The number of carbonyl (C=O) groups is 2. The van der Waals surface area contributed by atoms with Crippen LogP contribution in [0.1, 0.15) is 38.0 Å². The van der Waals surface area contributed by atoms with E-state index in [1.54, 1.807) is 24.2 Å². The highest BCUT2D eigenvalue weighted by atomic mass is 32.2. The van der Waals surface area contributed by atoms with Gasteiger partial charge in [0.15, 0.2) is 0 Å². The Labute approximate surface area is 209 Å². The molecule has 1 N–H and O–H groups in total. The highest BCUT2D eigenvalue weighted by Crippen LogP contribution is 2.39. The molecule has 1 aromatic heterocycles. The van der Waals surface area contributed by atoms with E-state index >= 15 is 0 Å². The molecule has 1 atom stereocenters. The third-order valence-corrected chi connectivity index (χ3v) is 7.25. The van der Waals surface area contributed by atoms with Crippen molar-refractivity contribution in [2.24, 2.45) is 0 Å². The molecule has 0 saturated carbocycles. The van der Waals surface area contributed by atoms with Crippen LogP contribution in [0.15, 0.2) is 103 Å². The van der Waals surface area contributed by atoms with Gasteiger partial charge >= 0.3 is 0 Å². The van der Waals surface area contributed by atoms with Crippen LogP contribution in [-0.4, -0.2) is 27.5 Å². The molecule has 1 saturated heterocycles. The van der Waals surface area contributed by atoms with E-state index in [4.69, 9.17) is 0 Å². The van der Waals surface area contributed by atoms with Crippen molar-refractivity contribution in [1.29, 1.82) is 0 Å². The van der Waals surface area contributed by atoms with Crippen LogP contribution in [0.2, 0.25) is 0 Å². The summed E-state index contributed by atoms with van der Waals surface area (Å²) in [7, 11) is 0. The number of pyridine rings is 1. The van der Waals surface area contributed by atoms with E-state index in [2.05, 4.69) is 10.3 Å². The summed E-state index contributed by atoms with van der Waals surface area (Å²) in [6.45, 7) is 0.580. The summed E-state index contributed by atoms with van der Waals surface area (Å²) in [4.78, 5) is 31.3. The number of anilines is 1. The van der Waals surface area contributed by atoms with E-state index in [1.807, 2.05) is 95.9 Å². The summed E-state index contributed by atoms with van der Waals surface area (Å²) in [6.07, 6.45) is 4.40. The number of nitrogens with zero attached hydrogens (tertiary/aromatic N) is 2. The molecule has 1 aliphatic rings. The highest BCUT2D eigenvalue weighted by molar-refractivity contribution is 8.00. The maximum Gasteiger partial charge on any atom is 0.255 e. The number of carbonyl (C=O) groups excluding carboxylic acids is 2. The number of amides is 2. The molecule has 0 bridgehead atoms. The van der Waals surface area contributed by atoms with Crippen molar-refractivity contribution in [3.8, 4) is 0 Å². The van der Waals surface area contributed by atoms with Crippen molar-refractivity contribution in [2.45, 2.75) is 18.3 Å². The van der Waals surface area contributed by atoms with Crippen LogP contribution in [0.5, 0.6) is 0 Å². The summed E-state index contributed by atoms with van der Waals surface area (Å²) in [6, 6.07) is 29.4. The Hall–Kier alpha value is -3.90. The van der Waals surface area contributed by atoms with Gasteiger partial charge in [-0.2, -0.15) is 0 Å². The van der Waals surface area contributed by atoms with Gasteiger partial charge in [0.2, 0.25) is 5.91 Å². The molecule has 0 aliphatic carbocycles. The number of hydrogen-bond acceptors (Lipinski definition) is 4. The lowest BCUT2D eigenvalue weighted by Crippen LogP contribution is -2.27. The van der Waals surface area contributed by atoms with E-state index in [-0.39, 0.29) is 17.2 Å². The van der Waals surface area contributed by atoms with Crippen LogP contribution in [-0.2, 0) is 17.8 Å². The molecule has 1 fully saturated rings. The van der Waals surface area contributed by atoms with Crippen molar-refractivity contribution in [1.82, 2.24) is 9.88 Å². The smallest absolute Gasteiger partial charge is 0.255 e. The SMILES string of the molecule is O=C(Nc1ccc(Cc2ccncc2)cc1)c1ccc([C@@H]2SCC(=O)N2Cc2ccccc2)cc1. The molecular weight excluding hydrogens is 454 g/mol. The van der Waals surface area contributed by atoms with Gasteiger partial charge in [-0.3, -0.25) is 14.6 Å². The van der Waals surface area contributed by atoms with Gasteiger partial charge < -0.3 is 10.2 Å². The molecule has 5 nitrogen and oxygen atoms in total. The van der Waals surface area contributed by atoms with Crippen molar-refractivity contribution in [2.75, 3.05) is 11.1 Å². The minimum Gasteiger partial charge on any atom is -0.322 e. The number of aromatic nitrogens is 1. The molecule has 5 rings (SSSR count). The summed E-state index contributed by atoms with van der Waals surface area (Å²) in [5, 5.41) is 2.92. The first kappa shape index (κ1) is 22.9.